The van der Waals surface area contributed by atoms with Gasteiger partial charge in [0.05, 0.1) is 11.9 Å². The minimum Gasteiger partial charge on any atom is -0.397 e. The number of benzene rings is 1. The van der Waals surface area contributed by atoms with Crippen LogP contribution in [0.2, 0.25) is 0 Å². The number of anilines is 2. The lowest BCUT2D eigenvalue weighted by molar-refractivity contribution is 0.627. The molecular formula is C13H14FN3. The van der Waals surface area contributed by atoms with E-state index in [0.29, 0.717) is 12.2 Å². The van der Waals surface area contributed by atoms with Crippen molar-refractivity contribution < 1.29 is 4.39 Å². The van der Waals surface area contributed by atoms with Gasteiger partial charge in [0, 0.05) is 13.6 Å². The quantitative estimate of drug-likeness (QED) is 0.882. The van der Waals surface area contributed by atoms with Crippen LogP contribution in [0.25, 0.3) is 0 Å². The van der Waals surface area contributed by atoms with Gasteiger partial charge < -0.3 is 10.6 Å². The van der Waals surface area contributed by atoms with E-state index in [1.54, 1.807) is 18.3 Å². The molecule has 0 radical (unpaired) electrons. The summed E-state index contributed by atoms with van der Waals surface area (Å²) < 4.78 is 12.8. The highest BCUT2D eigenvalue weighted by atomic mass is 19.1. The van der Waals surface area contributed by atoms with Crippen molar-refractivity contribution in [1.82, 2.24) is 4.98 Å². The molecule has 2 aromatic rings. The molecule has 4 heteroatoms. The number of pyridine rings is 1. The summed E-state index contributed by atoms with van der Waals surface area (Å²) in [6.45, 7) is 0.678. The van der Waals surface area contributed by atoms with Crippen molar-refractivity contribution in [1.29, 1.82) is 0 Å². The first-order valence-electron chi connectivity index (χ1n) is 5.32. The van der Waals surface area contributed by atoms with Crippen LogP contribution in [-0.2, 0) is 6.54 Å². The van der Waals surface area contributed by atoms with Crippen molar-refractivity contribution in [3.63, 3.8) is 0 Å². The Kier molecular flexibility index (Phi) is 3.23. The lowest BCUT2D eigenvalue weighted by Gasteiger charge is -2.18. The van der Waals surface area contributed by atoms with Gasteiger partial charge in [-0.15, -0.1) is 0 Å². The summed E-state index contributed by atoms with van der Waals surface area (Å²) in [6.07, 6.45) is 1.62. The Hall–Kier alpha value is -2.10. The van der Waals surface area contributed by atoms with Crippen molar-refractivity contribution in [2.24, 2.45) is 0 Å². The molecule has 0 aliphatic heterocycles. The Morgan fingerprint density at radius 2 is 1.88 bits per heavy atom. The second-order valence-electron chi connectivity index (χ2n) is 3.93. The number of nitrogens with zero attached hydrogens (tertiary/aromatic N) is 2. The molecule has 0 unspecified atom stereocenters. The molecule has 0 amide bonds. The highest BCUT2D eigenvalue weighted by molar-refractivity contribution is 5.45. The maximum atomic E-state index is 12.8. The number of nitrogen functional groups attached to an aromatic ring is 1. The lowest BCUT2D eigenvalue weighted by Crippen LogP contribution is -2.17. The summed E-state index contributed by atoms with van der Waals surface area (Å²) in [5.41, 5.74) is 7.25. The summed E-state index contributed by atoms with van der Waals surface area (Å²) in [7, 11) is 1.93. The second-order valence-corrected chi connectivity index (χ2v) is 3.93. The van der Waals surface area contributed by atoms with E-state index in [1.807, 2.05) is 24.1 Å². The number of hydrogen-bond donors (Lipinski definition) is 1. The van der Waals surface area contributed by atoms with Crippen molar-refractivity contribution in [3.8, 4) is 0 Å². The van der Waals surface area contributed by atoms with Crippen LogP contribution >= 0.6 is 0 Å². The molecule has 3 nitrogen and oxygen atoms in total. The van der Waals surface area contributed by atoms with E-state index in [0.717, 1.165) is 11.4 Å². The molecule has 2 N–H and O–H groups in total. The van der Waals surface area contributed by atoms with Crippen LogP contribution in [0.1, 0.15) is 5.56 Å². The highest BCUT2D eigenvalue weighted by Crippen LogP contribution is 2.14. The third-order valence-corrected chi connectivity index (χ3v) is 2.49. The number of aromatic nitrogens is 1. The summed E-state index contributed by atoms with van der Waals surface area (Å²) in [4.78, 5) is 6.20. The number of nitrogens with two attached hydrogens (primary N) is 1. The van der Waals surface area contributed by atoms with Gasteiger partial charge in [0.15, 0.2) is 0 Å². The molecule has 17 heavy (non-hydrogen) atoms. The van der Waals surface area contributed by atoms with Crippen LogP contribution in [0.3, 0.4) is 0 Å². The maximum Gasteiger partial charge on any atom is 0.128 e. The van der Waals surface area contributed by atoms with Crippen molar-refractivity contribution in [3.05, 3.63) is 54.0 Å². The van der Waals surface area contributed by atoms with Crippen LogP contribution in [0.5, 0.6) is 0 Å². The Bertz CT molecular complexity index is 479. The first-order chi connectivity index (χ1) is 8.15. The van der Waals surface area contributed by atoms with Crippen LogP contribution < -0.4 is 10.6 Å². The van der Waals surface area contributed by atoms with Gasteiger partial charge >= 0.3 is 0 Å². The van der Waals surface area contributed by atoms with Crippen molar-refractivity contribution in [2.45, 2.75) is 6.54 Å². The van der Waals surface area contributed by atoms with Gasteiger partial charge in [-0.05, 0) is 29.8 Å². The molecular weight excluding hydrogens is 217 g/mol. The smallest absolute Gasteiger partial charge is 0.128 e. The van der Waals surface area contributed by atoms with Gasteiger partial charge in [0.25, 0.3) is 0 Å². The van der Waals surface area contributed by atoms with Crippen LogP contribution in [0, 0.1) is 5.82 Å². The van der Waals surface area contributed by atoms with E-state index in [2.05, 4.69) is 4.98 Å². The zero-order chi connectivity index (χ0) is 12.3. The van der Waals surface area contributed by atoms with E-state index < -0.39 is 0 Å². The van der Waals surface area contributed by atoms with Crippen molar-refractivity contribution >= 4 is 11.5 Å². The topological polar surface area (TPSA) is 42.1 Å². The predicted octanol–water partition coefficient (Wildman–Crippen LogP) is 2.44. The van der Waals surface area contributed by atoms with Gasteiger partial charge in [-0.3, -0.25) is 0 Å². The Morgan fingerprint density at radius 3 is 2.47 bits per heavy atom. The number of halogens is 1. The average molecular weight is 231 g/mol. The molecule has 1 heterocycles. The van der Waals surface area contributed by atoms with E-state index in [-0.39, 0.29) is 5.82 Å². The normalized spacial score (nSPS) is 10.2. The van der Waals surface area contributed by atoms with Crippen molar-refractivity contribution in [2.75, 3.05) is 17.7 Å². The van der Waals surface area contributed by atoms with E-state index in [1.165, 1.54) is 12.1 Å². The molecule has 0 saturated heterocycles. The number of rotatable bonds is 3. The first kappa shape index (κ1) is 11.4. The maximum absolute atomic E-state index is 12.8. The summed E-state index contributed by atoms with van der Waals surface area (Å²) >= 11 is 0. The van der Waals surface area contributed by atoms with Gasteiger partial charge in [0.1, 0.15) is 11.6 Å². The van der Waals surface area contributed by atoms with E-state index in [4.69, 9.17) is 5.73 Å². The standard InChI is InChI=1S/C13H14FN3/c1-17(13-7-6-12(15)8-16-13)9-10-2-4-11(14)5-3-10/h2-8H,9,15H2,1H3. The van der Waals surface area contributed by atoms with Gasteiger partial charge in [-0.1, -0.05) is 12.1 Å². The van der Waals surface area contributed by atoms with Crippen LogP contribution in [0.4, 0.5) is 15.9 Å². The molecule has 88 valence electrons. The molecule has 1 aromatic carbocycles. The molecule has 0 saturated carbocycles. The Morgan fingerprint density at radius 1 is 1.18 bits per heavy atom. The number of hydrogen-bond acceptors (Lipinski definition) is 3. The Balaban J connectivity index is 2.08. The van der Waals surface area contributed by atoms with E-state index in [9.17, 15) is 4.39 Å². The fraction of sp³-hybridized carbons (Fsp3) is 0.154. The fourth-order valence-corrected chi connectivity index (χ4v) is 1.57. The molecule has 0 aliphatic rings. The van der Waals surface area contributed by atoms with E-state index >= 15 is 0 Å². The zero-order valence-corrected chi connectivity index (χ0v) is 9.60. The molecule has 1 aromatic heterocycles. The minimum absolute atomic E-state index is 0.220. The summed E-state index contributed by atoms with van der Waals surface area (Å²) in [5, 5.41) is 0. The molecule has 0 fully saturated rings. The summed E-state index contributed by atoms with van der Waals surface area (Å²) in [6, 6.07) is 10.1. The highest BCUT2D eigenvalue weighted by Gasteiger charge is 2.03. The van der Waals surface area contributed by atoms with Gasteiger partial charge in [-0.25, -0.2) is 9.37 Å². The molecule has 2 rings (SSSR count). The van der Waals surface area contributed by atoms with Gasteiger partial charge in [0.2, 0.25) is 0 Å². The summed E-state index contributed by atoms with van der Waals surface area (Å²) in [5.74, 6) is 0.616. The Labute approximate surface area is 99.7 Å². The largest absolute Gasteiger partial charge is 0.397 e. The van der Waals surface area contributed by atoms with Crippen LogP contribution in [-0.4, -0.2) is 12.0 Å². The monoisotopic (exact) mass is 231 g/mol. The predicted molar refractivity (Wildman–Crippen MR) is 67.2 cm³/mol. The minimum atomic E-state index is -0.220. The lowest BCUT2D eigenvalue weighted by atomic mass is 10.2. The molecule has 0 atom stereocenters. The third kappa shape index (κ3) is 2.93. The average Bonchev–Trinajstić information content (AvgIpc) is 2.33. The molecule has 0 bridgehead atoms. The zero-order valence-electron chi connectivity index (χ0n) is 9.60. The first-order valence-corrected chi connectivity index (χ1v) is 5.32. The second kappa shape index (κ2) is 4.82. The SMILES string of the molecule is CN(Cc1ccc(F)cc1)c1ccc(N)cn1. The third-order valence-electron chi connectivity index (χ3n) is 2.49. The fourth-order valence-electron chi connectivity index (χ4n) is 1.57. The molecule has 0 spiro atoms. The van der Waals surface area contributed by atoms with Gasteiger partial charge in [-0.2, -0.15) is 0 Å². The molecule has 0 aliphatic carbocycles. The van der Waals surface area contributed by atoms with Crippen LogP contribution in [0.15, 0.2) is 42.6 Å².